The van der Waals surface area contributed by atoms with Gasteiger partial charge in [-0.3, -0.25) is 0 Å². The van der Waals surface area contributed by atoms with E-state index in [0.29, 0.717) is 19.3 Å². The van der Waals surface area contributed by atoms with Gasteiger partial charge in [0, 0.05) is 19.8 Å². The predicted molar refractivity (Wildman–Crippen MR) is 79.4 cm³/mol. The number of methoxy groups -OCH3 is 1. The largest absolute Gasteiger partial charge is 0.382 e. The Labute approximate surface area is 117 Å². The van der Waals surface area contributed by atoms with Crippen LogP contribution in [0.15, 0.2) is 30.3 Å². The molecule has 0 amide bonds. The van der Waals surface area contributed by atoms with Crippen LogP contribution in [0.5, 0.6) is 0 Å². The first-order valence-electron chi connectivity index (χ1n) is 7.23. The van der Waals surface area contributed by atoms with Gasteiger partial charge in [0.05, 0.1) is 13.2 Å². The molecule has 1 aromatic rings. The quantitative estimate of drug-likeness (QED) is 0.623. The fraction of sp³-hybridized carbons (Fsp3) is 0.625. The maximum atomic E-state index is 5.51. The minimum Gasteiger partial charge on any atom is -0.382 e. The van der Waals surface area contributed by atoms with Gasteiger partial charge in [-0.1, -0.05) is 37.3 Å². The molecule has 3 heteroatoms. The topological polar surface area (TPSA) is 30.5 Å². The van der Waals surface area contributed by atoms with Crippen molar-refractivity contribution in [1.29, 1.82) is 0 Å². The third kappa shape index (κ3) is 7.31. The first-order valence-corrected chi connectivity index (χ1v) is 7.23. The lowest BCUT2D eigenvalue weighted by Crippen LogP contribution is -2.22. The molecule has 0 saturated carbocycles. The van der Waals surface area contributed by atoms with Crippen molar-refractivity contribution >= 4 is 0 Å². The Kier molecular flexibility index (Phi) is 9.33. The van der Waals surface area contributed by atoms with Crippen molar-refractivity contribution in [2.75, 3.05) is 33.5 Å². The molecule has 0 aromatic heterocycles. The number of nitrogens with one attached hydrogen (secondary N) is 1. The van der Waals surface area contributed by atoms with Crippen LogP contribution in [-0.2, 0) is 9.47 Å². The highest BCUT2D eigenvalue weighted by Gasteiger charge is 2.09. The third-order valence-electron chi connectivity index (χ3n) is 3.06. The van der Waals surface area contributed by atoms with E-state index in [0.717, 1.165) is 32.4 Å². The van der Waals surface area contributed by atoms with Crippen LogP contribution in [0.4, 0.5) is 0 Å². The Morgan fingerprint density at radius 2 is 1.89 bits per heavy atom. The van der Waals surface area contributed by atoms with E-state index in [2.05, 4.69) is 42.6 Å². The van der Waals surface area contributed by atoms with Gasteiger partial charge in [0.25, 0.3) is 0 Å². The van der Waals surface area contributed by atoms with Crippen LogP contribution in [0.1, 0.15) is 37.8 Å². The van der Waals surface area contributed by atoms with E-state index in [1.165, 1.54) is 5.56 Å². The maximum Gasteiger partial charge on any atom is 0.0700 e. The smallest absolute Gasteiger partial charge is 0.0700 e. The third-order valence-corrected chi connectivity index (χ3v) is 3.06. The molecule has 0 fully saturated rings. The normalized spacial score (nSPS) is 12.5. The second kappa shape index (κ2) is 11.0. The summed E-state index contributed by atoms with van der Waals surface area (Å²) in [5, 5.41) is 3.61. The van der Waals surface area contributed by atoms with Crippen LogP contribution in [0.25, 0.3) is 0 Å². The van der Waals surface area contributed by atoms with Gasteiger partial charge in [0.1, 0.15) is 0 Å². The molecule has 0 aliphatic rings. The Morgan fingerprint density at radius 1 is 1.11 bits per heavy atom. The van der Waals surface area contributed by atoms with Crippen molar-refractivity contribution < 1.29 is 9.47 Å². The zero-order valence-electron chi connectivity index (χ0n) is 12.2. The van der Waals surface area contributed by atoms with Crippen molar-refractivity contribution in [3.05, 3.63) is 35.9 Å². The molecule has 0 saturated heterocycles. The molecule has 0 aliphatic carbocycles. The standard InChI is InChI=1S/C16H27NO2/c1-3-11-17-16(15-8-5-4-6-9-15)10-7-12-19-14-13-18-2/h4-6,8-9,16-17H,3,7,10-14H2,1-2H3. The van der Waals surface area contributed by atoms with Gasteiger partial charge in [0.15, 0.2) is 0 Å². The van der Waals surface area contributed by atoms with Crippen molar-refractivity contribution in [2.45, 2.75) is 32.2 Å². The fourth-order valence-corrected chi connectivity index (χ4v) is 2.02. The van der Waals surface area contributed by atoms with Crippen LogP contribution >= 0.6 is 0 Å². The minimum absolute atomic E-state index is 0.437. The molecule has 0 radical (unpaired) electrons. The maximum absolute atomic E-state index is 5.51. The van der Waals surface area contributed by atoms with E-state index in [1.807, 2.05) is 0 Å². The number of hydrogen-bond donors (Lipinski definition) is 1. The summed E-state index contributed by atoms with van der Waals surface area (Å²) in [6.45, 7) is 5.43. The molecule has 1 atom stereocenters. The average Bonchev–Trinajstić information content (AvgIpc) is 2.46. The van der Waals surface area contributed by atoms with Crippen LogP contribution < -0.4 is 5.32 Å². The monoisotopic (exact) mass is 265 g/mol. The van der Waals surface area contributed by atoms with Crippen LogP contribution in [-0.4, -0.2) is 33.5 Å². The van der Waals surface area contributed by atoms with Crippen LogP contribution in [0.3, 0.4) is 0 Å². The lowest BCUT2D eigenvalue weighted by atomic mass is 10.0. The van der Waals surface area contributed by atoms with Crippen LogP contribution in [0, 0.1) is 0 Å². The van der Waals surface area contributed by atoms with Gasteiger partial charge >= 0.3 is 0 Å². The lowest BCUT2D eigenvalue weighted by molar-refractivity contribution is 0.0678. The average molecular weight is 265 g/mol. The molecule has 19 heavy (non-hydrogen) atoms. The van der Waals surface area contributed by atoms with E-state index in [9.17, 15) is 0 Å². The minimum atomic E-state index is 0.437. The van der Waals surface area contributed by atoms with E-state index in [4.69, 9.17) is 9.47 Å². The van der Waals surface area contributed by atoms with Crippen molar-refractivity contribution in [1.82, 2.24) is 5.32 Å². The summed E-state index contributed by atoms with van der Waals surface area (Å²) in [7, 11) is 1.70. The van der Waals surface area contributed by atoms with Gasteiger partial charge in [-0.2, -0.15) is 0 Å². The van der Waals surface area contributed by atoms with Gasteiger partial charge < -0.3 is 14.8 Å². The Morgan fingerprint density at radius 3 is 2.58 bits per heavy atom. The molecule has 1 unspecified atom stereocenters. The highest BCUT2D eigenvalue weighted by atomic mass is 16.5. The molecule has 0 aliphatic heterocycles. The summed E-state index contributed by atoms with van der Waals surface area (Å²) < 4.78 is 10.5. The van der Waals surface area contributed by atoms with Crippen molar-refractivity contribution in [2.24, 2.45) is 0 Å². The number of benzene rings is 1. The van der Waals surface area contributed by atoms with Crippen molar-refractivity contribution in [3.8, 4) is 0 Å². The summed E-state index contributed by atoms with van der Waals surface area (Å²) in [6, 6.07) is 11.1. The molecule has 1 rings (SSSR count). The molecule has 0 heterocycles. The first kappa shape index (κ1) is 16.2. The predicted octanol–water partition coefficient (Wildman–Crippen LogP) is 3.17. The van der Waals surface area contributed by atoms with Gasteiger partial charge in [-0.05, 0) is 31.4 Å². The number of ether oxygens (including phenoxy) is 2. The summed E-state index contributed by atoms with van der Waals surface area (Å²) in [5.74, 6) is 0. The van der Waals surface area contributed by atoms with E-state index in [1.54, 1.807) is 7.11 Å². The zero-order chi connectivity index (χ0) is 13.8. The molecule has 1 aromatic carbocycles. The summed E-state index contributed by atoms with van der Waals surface area (Å²) in [6.07, 6.45) is 3.34. The van der Waals surface area contributed by atoms with E-state index < -0.39 is 0 Å². The fourth-order valence-electron chi connectivity index (χ4n) is 2.02. The second-order valence-electron chi connectivity index (χ2n) is 4.66. The second-order valence-corrected chi connectivity index (χ2v) is 4.66. The van der Waals surface area contributed by atoms with E-state index in [-0.39, 0.29) is 0 Å². The molecule has 3 nitrogen and oxygen atoms in total. The molecule has 0 spiro atoms. The molecular weight excluding hydrogens is 238 g/mol. The van der Waals surface area contributed by atoms with Gasteiger partial charge in [-0.25, -0.2) is 0 Å². The number of hydrogen-bond acceptors (Lipinski definition) is 3. The number of rotatable bonds is 11. The molecule has 0 bridgehead atoms. The van der Waals surface area contributed by atoms with Gasteiger partial charge in [-0.15, -0.1) is 0 Å². The summed E-state index contributed by atoms with van der Waals surface area (Å²) >= 11 is 0. The van der Waals surface area contributed by atoms with Crippen molar-refractivity contribution in [3.63, 3.8) is 0 Å². The molecular formula is C16H27NO2. The Balaban J connectivity index is 2.30. The first-order chi connectivity index (χ1) is 9.38. The summed E-state index contributed by atoms with van der Waals surface area (Å²) in [5.41, 5.74) is 1.37. The van der Waals surface area contributed by atoms with Crippen LogP contribution in [0.2, 0.25) is 0 Å². The highest BCUT2D eigenvalue weighted by Crippen LogP contribution is 2.18. The summed E-state index contributed by atoms with van der Waals surface area (Å²) in [4.78, 5) is 0. The molecule has 1 N–H and O–H groups in total. The zero-order valence-corrected chi connectivity index (χ0v) is 12.2. The Hall–Kier alpha value is -0.900. The lowest BCUT2D eigenvalue weighted by Gasteiger charge is -2.19. The highest BCUT2D eigenvalue weighted by molar-refractivity contribution is 5.18. The van der Waals surface area contributed by atoms with E-state index >= 15 is 0 Å². The van der Waals surface area contributed by atoms with Gasteiger partial charge in [0.2, 0.25) is 0 Å². The molecule has 108 valence electrons. The Bertz CT molecular complexity index is 303. The SMILES string of the molecule is CCCNC(CCCOCCOC)c1ccccc1.